The summed E-state index contributed by atoms with van der Waals surface area (Å²) in [4.78, 5) is 10.5. The lowest BCUT2D eigenvalue weighted by Crippen LogP contribution is -2.39. The summed E-state index contributed by atoms with van der Waals surface area (Å²) in [6, 6.07) is 3.26. The third-order valence-corrected chi connectivity index (χ3v) is 3.90. The molecule has 0 heterocycles. The quantitative estimate of drug-likeness (QED) is 0.714. The predicted octanol–water partition coefficient (Wildman–Crippen LogP) is 0.599. The standard InChI is InChI=1S/C11H13F2NO5S/c1-7-2-3-8(4-9(7)10(16)17)20(18,19)14-5-11(12,13)6-15/h2-4,14-15H,5-6H2,1H3,(H,16,17). The summed E-state index contributed by atoms with van der Waals surface area (Å²) in [5.41, 5.74) is 0.110. The van der Waals surface area contributed by atoms with Gasteiger partial charge < -0.3 is 10.2 Å². The van der Waals surface area contributed by atoms with Gasteiger partial charge in [0.1, 0.15) is 6.61 Å². The molecule has 0 spiro atoms. The van der Waals surface area contributed by atoms with Crippen molar-refractivity contribution in [3.8, 4) is 0 Å². The number of hydrogen-bond donors (Lipinski definition) is 3. The van der Waals surface area contributed by atoms with Crippen molar-refractivity contribution in [1.82, 2.24) is 4.72 Å². The van der Waals surface area contributed by atoms with E-state index in [1.165, 1.54) is 13.0 Å². The number of carboxylic acids is 1. The molecule has 0 saturated carbocycles. The highest BCUT2D eigenvalue weighted by molar-refractivity contribution is 7.89. The molecule has 0 saturated heterocycles. The molecule has 0 fully saturated rings. The molecule has 1 aromatic rings. The Bertz CT molecular complexity index is 615. The van der Waals surface area contributed by atoms with E-state index in [9.17, 15) is 22.0 Å². The van der Waals surface area contributed by atoms with Gasteiger partial charge in [-0.1, -0.05) is 6.07 Å². The average molecular weight is 309 g/mol. The molecule has 0 aliphatic heterocycles. The largest absolute Gasteiger partial charge is 0.478 e. The van der Waals surface area contributed by atoms with Crippen LogP contribution in [0.5, 0.6) is 0 Å². The smallest absolute Gasteiger partial charge is 0.335 e. The lowest BCUT2D eigenvalue weighted by Gasteiger charge is -2.14. The minimum Gasteiger partial charge on any atom is -0.478 e. The first kappa shape index (κ1) is 16.5. The van der Waals surface area contributed by atoms with E-state index >= 15 is 0 Å². The molecular weight excluding hydrogens is 296 g/mol. The van der Waals surface area contributed by atoms with Gasteiger partial charge in [-0.25, -0.2) is 26.7 Å². The van der Waals surface area contributed by atoms with Crippen LogP contribution >= 0.6 is 0 Å². The van der Waals surface area contributed by atoms with Crippen LogP contribution in [-0.2, 0) is 10.0 Å². The van der Waals surface area contributed by atoms with Crippen LogP contribution in [-0.4, -0.2) is 43.7 Å². The molecule has 0 unspecified atom stereocenters. The van der Waals surface area contributed by atoms with Crippen molar-refractivity contribution < 1.29 is 32.2 Å². The maximum atomic E-state index is 12.8. The van der Waals surface area contributed by atoms with Crippen molar-refractivity contribution in [3.05, 3.63) is 29.3 Å². The minimum atomic E-state index is -4.28. The van der Waals surface area contributed by atoms with Gasteiger partial charge in [-0.3, -0.25) is 0 Å². The molecule has 112 valence electrons. The van der Waals surface area contributed by atoms with Gasteiger partial charge in [-0.15, -0.1) is 0 Å². The Kier molecular flexibility index (Phi) is 4.79. The fourth-order valence-corrected chi connectivity index (χ4v) is 2.43. The van der Waals surface area contributed by atoms with E-state index < -0.39 is 40.0 Å². The first-order chi connectivity index (χ1) is 9.09. The van der Waals surface area contributed by atoms with E-state index in [1.807, 2.05) is 0 Å². The van der Waals surface area contributed by atoms with Crippen LogP contribution in [0, 0.1) is 6.92 Å². The van der Waals surface area contributed by atoms with Gasteiger partial charge in [0.15, 0.2) is 0 Å². The molecule has 1 rings (SSSR count). The first-order valence-electron chi connectivity index (χ1n) is 5.41. The molecule has 0 aromatic heterocycles. The topological polar surface area (TPSA) is 104 Å². The molecule has 3 N–H and O–H groups in total. The number of carboxylic acid groups (broad SMARTS) is 1. The van der Waals surface area contributed by atoms with Gasteiger partial charge in [0.05, 0.1) is 17.0 Å². The van der Waals surface area contributed by atoms with Crippen LogP contribution in [0.1, 0.15) is 15.9 Å². The zero-order chi connectivity index (χ0) is 15.6. The third-order valence-electron chi connectivity index (χ3n) is 2.50. The Hall–Kier alpha value is -1.58. The molecule has 0 aliphatic carbocycles. The number of aryl methyl sites for hydroxylation is 1. The first-order valence-corrected chi connectivity index (χ1v) is 6.90. The van der Waals surface area contributed by atoms with E-state index in [1.54, 1.807) is 4.72 Å². The number of hydrogen-bond acceptors (Lipinski definition) is 4. The third kappa shape index (κ3) is 3.95. The number of aliphatic hydroxyl groups excluding tert-OH is 1. The van der Waals surface area contributed by atoms with Crippen LogP contribution in [0.15, 0.2) is 23.1 Å². The van der Waals surface area contributed by atoms with Crippen molar-refractivity contribution in [2.75, 3.05) is 13.2 Å². The summed E-state index contributed by atoms with van der Waals surface area (Å²) in [5, 5.41) is 17.2. The number of rotatable bonds is 6. The molecule has 0 radical (unpaired) electrons. The molecular formula is C11H13F2NO5S. The highest BCUT2D eigenvalue weighted by atomic mass is 32.2. The van der Waals surface area contributed by atoms with E-state index in [2.05, 4.69) is 0 Å². The van der Waals surface area contributed by atoms with Gasteiger partial charge in [0.25, 0.3) is 5.92 Å². The lowest BCUT2D eigenvalue weighted by atomic mass is 10.1. The van der Waals surface area contributed by atoms with Crippen molar-refractivity contribution in [1.29, 1.82) is 0 Å². The summed E-state index contributed by atoms with van der Waals surface area (Å²) in [6.07, 6.45) is 0. The molecule has 6 nitrogen and oxygen atoms in total. The predicted molar refractivity (Wildman–Crippen MR) is 65.4 cm³/mol. The second-order valence-electron chi connectivity index (χ2n) is 4.12. The SMILES string of the molecule is Cc1ccc(S(=O)(=O)NCC(F)(F)CO)cc1C(=O)O. The fourth-order valence-electron chi connectivity index (χ4n) is 1.34. The number of halogens is 2. The Morgan fingerprint density at radius 3 is 2.50 bits per heavy atom. The molecule has 0 aliphatic rings. The number of benzene rings is 1. The Morgan fingerprint density at radius 1 is 1.40 bits per heavy atom. The van der Waals surface area contributed by atoms with Crippen molar-refractivity contribution in [3.63, 3.8) is 0 Å². The van der Waals surface area contributed by atoms with Gasteiger partial charge in [-0.05, 0) is 24.6 Å². The maximum absolute atomic E-state index is 12.8. The summed E-state index contributed by atoms with van der Waals surface area (Å²) in [6.45, 7) is -1.29. The summed E-state index contributed by atoms with van der Waals surface area (Å²) in [7, 11) is -4.28. The molecule has 1 aromatic carbocycles. The van der Waals surface area contributed by atoms with Crippen LogP contribution in [0.2, 0.25) is 0 Å². The van der Waals surface area contributed by atoms with Gasteiger partial charge in [0.2, 0.25) is 10.0 Å². The van der Waals surface area contributed by atoms with Crippen LogP contribution in [0.3, 0.4) is 0 Å². The minimum absolute atomic E-state index is 0.234. The second-order valence-corrected chi connectivity index (χ2v) is 5.89. The summed E-state index contributed by atoms with van der Waals surface area (Å²) < 4.78 is 50.7. The van der Waals surface area contributed by atoms with Crippen molar-refractivity contribution in [2.45, 2.75) is 17.7 Å². The summed E-state index contributed by atoms with van der Waals surface area (Å²) >= 11 is 0. The number of nitrogens with one attached hydrogen (secondary N) is 1. The van der Waals surface area contributed by atoms with Crippen molar-refractivity contribution in [2.24, 2.45) is 0 Å². The van der Waals surface area contributed by atoms with E-state index in [4.69, 9.17) is 10.2 Å². The highest BCUT2D eigenvalue weighted by Crippen LogP contribution is 2.17. The van der Waals surface area contributed by atoms with Crippen molar-refractivity contribution >= 4 is 16.0 Å². The molecule has 9 heteroatoms. The van der Waals surface area contributed by atoms with Gasteiger partial charge in [-0.2, -0.15) is 0 Å². The zero-order valence-corrected chi connectivity index (χ0v) is 11.2. The van der Waals surface area contributed by atoms with Crippen LogP contribution in [0.4, 0.5) is 8.78 Å². The number of sulfonamides is 1. The second kappa shape index (κ2) is 5.81. The van der Waals surface area contributed by atoms with Crippen LogP contribution in [0.25, 0.3) is 0 Å². The average Bonchev–Trinajstić information content (AvgIpc) is 2.36. The van der Waals surface area contributed by atoms with E-state index in [-0.39, 0.29) is 5.56 Å². The number of carbonyl (C=O) groups is 1. The number of alkyl halides is 2. The van der Waals surface area contributed by atoms with Gasteiger partial charge >= 0.3 is 5.97 Å². The number of aromatic carboxylic acids is 1. The maximum Gasteiger partial charge on any atom is 0.335 e. The van der Waals surface area contributed by atoms with Gasteiger partial charge in [0, 0.05) is 0 Å². The lowest BCUT2D eigenvalue weighted by molar-refractivity contribution is -0.0437. The highest BCUT2D eigenvalue weighted by Gasteiger charge is 2.30. The normalized spacial score (nSPS) is 12.4. The Balaban J connectivity index is 3.05. The zero-order valence-electron chi connectivity index (χ0n) is 10.4. The molecule has 0 bridgehead atoms. The molecule has 0 atom stereocenters. The fraction of sp³-hybridized carbons (Fsp3) is 0.364. The summed E-state index contributed by atoms with van der Waals surface area (Å²) in [5.74, 6) is -4.91. The van der Waals surface area contributed by atoms with Crippen LogP contribution < -0.4 is 4.72 Å². The Labute approximate surface area is 114 Å². The number of aliphatic hydroxyl groups is 1. The molecule has 0 amide bonds. The van der Waals surface area contributed by atoms with E-state index in [0.29, 0.717) is 5.56 Å². The van der Waals surface area contributed by atoms with E-state index in [0.717, 1.165) is 12.1 Å². The molecule has 20 heavy (non-hydrogen) atoms. The monoisotopic (exact) mass is 309 g/mol. The Morgan fingerprint density at radius 2 is 2.00 bits per heavy atom.